The monoisotopic (exact) mass is 254 g/mol. The molecular formula is C15H31BO2. The second-order valence-corrected chi connectivity index (χ2v) is 4.87. The fraction of sp³-hybridized carbons (Fsp3) is 1.00. The van der Waals surface area contributed by atoms with Gasteiger partial charge < -0.3 is 9.47 Å². The summed E-state index contributed by atoms with van der Waals surface area (Å²) in [6.07, 6.45) is 11.2. The van der Waals surface area contributed by atoms with E-state index >= 15 is 0 Å². The van der Waals surface area contributed by atoms with Crippen LogP contribution in [0.25, 0.3) is 0 Å². The average molecular weight is 254 g/mol. The number of hydrogen-bond donors (Lipinski definition) is 0. The van der Waals surface area contributed by atoms with Crippen LogP contribution in [0.15, 0.2) is 0 Å². The van der Waals surface area contributed by atoms with Gasteiger partial charge in [-0.25, -0.2) is 0 Å². The smallest absolute Gasteiger partial charge is 0.156 e. The van der Waals surface area contributed by atoms with E-state index in [-0.39, 0.29) is 6.29 Å². The molecule has 0 unspecified atom stereocenters. The molecule has 0 amide bonds. The summed E-state index contributed by atoms with van der Waals surface area (Å²) in [5.74, 6) is 0. The summed E-state index contributed by atoms with van der Waals surface area (Å²) in [5, 5.41) is 0. The van der Waals surface area contributed by atoms with E-state index < -0.39 is 0 Å². The molecule has 0 atom stereocenters. The van der Waals surface area contributed by atoms with Gasteiger partial charge in [-0.05, 0) is 19.3 Å². The third kappa shape index (κ3) is 12.4. The van der Waals surface area contributed by atoms with Crippen molar-refractivity contribution in [3.63, 3.8) is 0 Å². The van der Waals surface area contributed by atoms with Crippen LogP contribution in [0, 0.1) is 0 Å². The molecule has 0 bridgehead atoms. The molecule has 0 saturated heterocycles. The van der Waals surface area contributed by atoms with Gasteiger partial charge in [0.2, 0.25) is 0 Å². The van der Waals surface area contributed by atoms with E-state index in [0.717, 1.165) is 32.5 Å². The van der Waals surface area contributed by atoms with Crippen LogP contribution in [0.4, 0.5) is 0 Å². The summed E-state index contributed by atoms with van der Waals surface area (Å²) in [5.41, 5.74) is 0. The lowest BCUT2D eigenvalue weighted by atomic mass is 10.0. The molecule has 3 heteroatoms. The van der Waals surface area contributed by atoms with Crippen LogP contribution >= 0.6 is 0 Å². The number of ether oxygens (including phenoxy) is 2. The highest BCUT2D eigenvalue weighted by Crippen LogP contribution is 2.08. The van der Waals surface area contributed by atoms with E-state index in [9.17, 15) is 0 Å². The second kappa shape index (κ2) is 15.0. The lowest BCUT2D eigenvalue weighted by Gasteiger charge is -2.18. The standard InChI is InChI=1S/C15H31BO2/c1-3-5-7-9-13-17-15(11-12-16)18-14-10-8-6-4-2/h15H,3-14H2,1-2H3. The summed E-state index contributed by atoms with van der Waals surface area (Å²) < 4.78 is 11.5. The Morgan fingerprint density at radius 3 is 1.67 bits per heavy atom. The Morgan fingerprint density at radius 2 is 1.28 bits per heavy atom. The van der Waals surface area contributed by atoms with Crippen LogP contribution in [-0.2, 0) is 9.47 Å². The SMILES string of the molecule is [B]CCC(OCCCCCC)OCCCCCC. The minimum atomic E-state index is -0.0850. The Hall–Kier alpha value is -0.0151. The van der Waals surface area contributed by atoms with E-state index in [1.165, 1.54) is 38.5 Å². The Morgan fingerprint density at radius 1 is 0.778 bits per heavy atom. The van der Waals surface area contributed by atoms with Crippen LogP contribution in [0.3, 0.4) is 0 Å². The van der Waals surface area contributed by atoms with Crippen molar-refractivity contribution in [3.8, 4) is 0 Å². The molecule has 0 saturated carbocycles. The normalized spacial score (nSPS) is 11.3. The van der Waals surface area contributed by atoms with Gasteiger partial charge in [0.15, 0.2) is 6.29 Å². The molecule has 0 spiro atoms. The van der Waals surface area contributed by atoms with Gasteiger partial charge in [-0.1, -0.05) is 58.7 Å². The zero-order chi connectivity index (χ0) is 13.5. The van der Waals surface area contributed by atoms with Gasteiger partial charge in [0, 0.05) is 13.2 Å². The van der Waals surface area contributed by atoms with E-state index in [1.54, 1.807) is 0 Å². The van der Waals surface area contributed by atoms with Crippen molar-refractivity contribution in [3.05, 3.63) is 0 Å². The molecule has 0 rings (SSSR count). The van der Waals surface area contributed by atoms with Crippen molar-refractivity contribution in [1.82, 2.24) is 0 Å². The van der Waals surface area contributed by atoms with Crippen LogP contribution in [0.2, 0.25) is 6.32 Å². The Kier molecular flexibility index (Phi) is 15.0. The van der Waals surface area contributed by atoms with E-state index in [2.05, 4.69) is 13.8 Å². The summed E-state index contributed by atoms with van der Waals surface area (Å²) in [6, 6.07) is 0. The summed E-state index contributed by atoms with van der Waals surface area (Å²) >= 11 is 0. The lowest BCUT2D eigenvalue weighted by molar-refractivity contribution is -0.144. The lowest BCUT2D eigenvalue weighted by Crippen LogP contribution is -2.18. The molecule has 2 nitrogen and oxygen atoms in total. The first-order valence-electron chi connectivity index (χ1n) is 7.78. The summed E-state index contributed by atoms with van der Waals surface area (Å²) in [7, 11) is 5.57. The number of rotatable bonds is 14. The average Bonchev–Trinajstić information content (AvgIpc) is 2.38. The fourth-order valence-corrected chi connectivity index (χ4v) is 1.84. The fourth-order valence-electron chi connectivity index (χ4n) is 1.84. The topological polar surface area (TPSA) is 18.5 Å². The molecule has 106 valence electrons. The maximum atomic E-state index is 5.73. The highest BCUT2D eigenvalue weighted by molar-refractivity contribution is 6.08. The molecule has 0 aromatic heterocycles. The third-order valence-corrected chi connectivity index (χ3v) is 3.01. The molecule has 0 aliphatic carbocycles. The maximum Gasteiger partial charge on any atom is 0.156 e. The van der Waals surface area contributed by atoms with Crippen molar-refractivity contribution in [1.29, 1.82) is 0 Å². The quantitative estimate of drug-likeness (QED) is 0.258. The highest BCUT2D eigenvalue weighted by atomic mass is 16.7. The van der Waals surface area contributed by atoms with Crippen molar-refractivity contribution in [2.75, 3.05) is 13.2 Å². The van der Waals surface area contributed by atoms with Crippen LogP contribution in [-0.4, -0.2) is 27.4 Å². The molecule has 18 heavy (non-hydrogen) atoms. The largest absolute Gasteiger partial charge is 0.353 e. The molecule has 0 fully saturated rings. The Bertz CT molecular complexity index is 139. The van der Waals surface area contributed by atoms with Crippen molar-refractivity contribution >= 4 is 7.85 Å². The van der Waals surface area contributed by atoms with Crippen molar-refractivity contribution < 1.29 is 9.47 Å². The van der Waals surface area contributed by atoms with Crippen LogP contribution in [0.5, 0.6) is 0 Å². The van der Waals surface area contributed by atoms with Gasteiger partial charge in [0.25, 0.3) is 0 Å². The molecule has 0 aliphatic rings. The maximum absolute atomic E-state index is 5.73. The zero-order valence-electron chi connectivity index (χ0n) is 12.5. The first-order valence-corrected chi connectivity index (χ1v) is 7.78. The molecule has 2 radical (unpaired) electrons. The predicted octanol–water partition coefficient (Wildman–Crippen LogP) is 4.48. The number of hydrogen-bond acceptors (Lipinski definition) is 2. The zero-order valence-corrected chi connectivity index (χ0v) is 12.5. The molecule has 0 aliphatic heterocycles. The van der Waals surface area contributed by atoms with Gasteiger partial charge in [-0.15, -0.1) is 0 Å². The molecule has 0 N–H and O–H groups in total. The molecule has 0 aromatic rings. The minimum absolute atomic E-state index is 0.0850. The Labute approximate surface area is 115 Å². The van der Waals surface area contributed by atoms with Crippen LogP contribution < -0.4 is 0 Å². The highest BCUT2D eigenvalue weighted by Gasteiger charge is 2.07. The van der Waals surface area contributed by atoms with Crippen molar-refractivity contribution in [2.24, 2.45) is 0 Å². The van der Waals surface area contributed by atoms with E-state index in [0.29, 0.717) is 6.32 Å². The molecule has 0 aromatic carbocycles. The van der Waals surface area contributed by atoms with Gasteiger partial charge in [0.1, 0.15) is 0 Å². The third-order valence-electron chi connectivity index (χ3n) is 3.01. The first-order chi connectivity index (χ1) is 8.85. The van der Waals surface area contributed by atoms with Gasteiger partial charge >= 0.3 is 0 Å². The first kappa shape index (κ1) is 18.0. The van der Waals surface area contributed by atoms with Gasteiger partial charge in [-0.3, -0.25) is 0 Å². The van der Waals surface area contributed by atoms with Crippen LogP contribution in [0.1, 0.15) is 71.6 Å². The predicted molar refractivity (Wildman–Crippen MR) is 79.2 cm³/mol. The van der Waals surface area contributed by atoms with Crippen molar-refractivity contribution in [2.45, 2.75) is 84.2 Å². The molecular weight excluding hydrogens is 223 g/mol. The van der Waals surface area contributed by atoms with Gasteiger partial charge in [-0.2, -0.15) is 0 Å². The van der Waals surface area contributed by atoms with Gasteiger partial charge in [0.05, 0.1) is 7.85 Å². The Balaban J connectivity index is 3.45. The minimum Gasteiger partial charge on any atom is -0.353 e. The van der Waals surface area contributed by atoms with E-state index in [4.69, 9.17) is 17.3 Å². The van der Waals surface area contributed by atoms with E-state index in [1.807, 2.05) is 0 Å². The summed E-state index contributed by atoms with van der Waals surface area (Å²) in [6.45, 7) is 6.05. The summed E-state index contributed by atoms with van der Waals surface area (Å²) in [4.78, 5) is 0. The molecule has 0 heterocycles. The number of unbranched alkanes of at least 4 members (excludes halogenated alkanes) is 6. The second-order valence-electron chi connectivity index (χ2n) is 4.87.